The second kappa shape index (κ2) is 7.05. The molecule has 0 aromatic heterocycles. The van der Waals surface area contributed by atoms with E-state index >= 15 is 0 Å². The monoisotopic (exact) mass is 212 g/mol. The Hall–Kier alpha value is -1.40. The first-order valence-corrected chi connectivity index (χ1v) is 3.79. The lowest BCUT2D eigenvalue weighted by molar-refractivity contribution is -0.151. The molecule has 0 heterocycles. The van der Waals surface area contributed by atoms with Gasteiger partial charge in [-0.2, -0.15) is 0 Å². The number of hydrogen-bond donors (Lipinski definition) is 0. The van der Waals surface area contributed by atoms with E-state index in [1.54, 1.807) is 6.92 Å². The van der Waals surface area contributed by atoms with Crippen molar-refractivity contribution < 1.29 is 32.6 Å². The maximum absolute atomic E-state index is 11.5. The summed E-state index contributed by atoms with van der Waals surface area (Å²) in [6.45, 7) is -0.0855. The molecule has 7 heteroatoms. The van der Waals surface area contributed by atoms with Gasteiger partial charge < -0.3 is 14.2 Å². The van der Waals surface area contributed by atoms with Crippen LogP contribution in [0.1, 0.15) is 6.92 Å². The average Bonchev–Trinajstić information content (AvgIpc) is 2.12. The van der Waals surface area contributed by atoms with Gasteiger partial charge in [-0.05, 0) is 6.92 Å². The smallest absolute Gasteiger partial charge is 0.457 e. The van der Waals surface area contributed by atoms with Crippen molar-refractivity contribution in [3.8, 4) is 0 Å². The van der Waals surface area contributed by atoms with E-state index in [0.29, 0.717) is 0 Å². The minimum Gasteiger partial charge on any atom is -0.457 e. The van der Waals surface area contributed by atoms with E-state index in [9.17, 15) is 18.4 Å². The molecule has 0 radical (unpaired) electrons. The summed E-state index contributed by atoms with van der Waals surface area (Å²) >= 11 is 0. The van der Waals surface area contributed by atoms with Crippen LogP contribution in [0.5, 0.6) is 0 Å². The standard InChI is InChI=1S/C7H10F2O5/c1-2-12-7(11)14-4-6(10)13-3-5(8)9/h5H,2-4H2,1H3. The summed E-state index contributed by atoms with van der Waals surface area (Å²) in [5, 5.41) is 0. The van der Waals surface area contributed by atoms with Gasteiger partial charge in [0.2, 0.25) is 0 Å². The third kappa shape index (κ3) is 7.26. The van der Waals surface area contributed by atoms with Crippen LogP contribution in [-0.4, -0.2) is 38.4 Å². The first kappa shape index (κ1) is 12.6. The summed E-state index contributed by atoms with van der Waals surface area (Å²) in [6, 6.07) is 0. The Morgan fingerprint density at radius 1 is 1.21 bits per heavy atom. The predicted octanol–water partition coefficient (Wildman–Crippen LogP) is 0.968. The molecule has 14 heavy (non-hydrogen) atoms. The molecule has 0 unspecified atom stereocenters. The molecule has 0 aromatic carbocycles. The fraction of sp³-hybridized carbons (Fsp3) is 0.714. The second-order valence-electron chi connectivity index (χ2n) is 2.05. The van der Waals surface area contributed by atoms with E-state index in [0.717, 1.165) is 0 Å². The van der Waals surface area contributed by atoms with Crippen molar-refractivity contribution in [2.45, 2.75) is 13.3 Å². The highest BCUT2D eigenvalue weighted by Crippen LogP contribution is 1.94. The molecule has 0 aliphatic carbocycles. The molecule has 0 aliphatic heterocycles. The molecule has 0 spiro atoms. The van der Waals surface area contributed by atoms with Crippen molar-refractivity contribution in [3.63, 3.8) is 0 Å². The van der Waals surface area contributed by atoms with Gasteiger partial charge in [0.1, 0.15) is 0 Å². The third-order valence-electron chi connectivity index (χ3n) is 0.940. The van der Waals surface area contributed by atoms with Crippen molar-refractivity contribution in [2.24, 2.45) is 0 Å². The zero-order valence-corrected chi connectivity index (χ0v) is 7.50. The maximum atomic E-state index is 11.5. The molecule has 0 amide bonds. The highest BCUT2D eigenvalue weighted by molar-refractivity contribution is 5.73. The fourth-order valence-corrected chi connectivity index (χ4v) is 0.475. The van der Waals surface area contributed by atoms with Gasteiger partial charge in [0.25, 0.3) is 6.43 Å². The first-order chi connectivity index (χ1) is 6.56. The van der Waals surface area contributed by atoms with Crippen molar-refractivity contribution in [2.75, 3.05) is 19.8 Å². The average molecular weight is 212 g/mol. The summed E-state index contributed by atoms with van der Waals surface area (Å²) in [4.78, 5) is 21.1. The normalized spacial score (nSPS) is 9.71. The lowest BCUT2D eigenvalue weighted by atomic mass is 10.7. The van der Waals surface area contributed by atoms with Crippen LogP contribution in [0.3, 0.4) is 0 Å². The zero-order chi connectivity index (χ0) is 11.0. The minimum atomic E-state index is -2.73. The summed E-state index contributed by atoms with van der Waals surface area (Å²) in [7, 11) is 0. The molecule has 0 aromatic rings. The Morgan fingerprint density at radius 2 is 1.86 bits per heavy atom. The molecular formula is C7H10F2O5. The third-order valence-corrected chi connectivity index (χ3v) is 0.940. The Balaban J connectivity index is 3.48. The predicted molar refractivity (Wildman–Crippen MR) is 39.9 cm³/mol. The van der Waals surface area contributed by atoms with Gasteiger partial charge in [-0.25, -0.2) is 18.4 Å². The highest BCUT2D eigenvalue weighted by atomic mass is 19.3. The van der Waals surface area contributed by atoms with Crippen LogP contribution in [0.15, 0.2) is 0 Å². The Morgan fingerprint density at radius 3 is 2.36 bits per heavy atom. The van der Waals surface area contributed by atoms with Crippen molar-refractivity contribution in [1.29, 1.82) is 0 Å². The zero-order valence-electron chi connectivity index (χ0n) is 7.50. The van der Waals surface area contributed by atoms with Crippen LogP contribution in [0.4, 0.5) is 13.6 Å². The number of esters is 1. The van der Waals surface area contributed by atoms with Crippen LogP contribution in [0.2, 0.25) is 0 Å². The van der Waals surface area contributed by atoms with Crippen LogP contribution in [-0.2, 0) is 19.0 Å². The lowest BCUT2D eigenvalue weighted by Gasteiger charge is -2.04. The fourth-order valence-electron chi connectivity index (χ4n) is 0.475. The van der Waals surface area contributed by atoms with Crippen molar-refractivity contribution in [3.05, 3.63) is 0 Å². The van der Waals surface area contributed by atoms with Crippen LogP contribution in [0, 0.1) is 0 Å². The SMILES string of the molecule is CCOC(=O)OCC(=O)OCC(F)F. The van der Waals surface area contributed by atoms with Gasteiger partial charge in [0, 0.05) is 0 Å². The van der Waals surface area contributed by atoms with Gasteiger partial charge in [-0.15, -0.1) is 0 Å². The largest absolute Gasteiger partial charge is 0.508 e. The van der Waals surface area contributed by atoms with Gasteiger partial charge in [-0.3, -0.25) is 0 Å². The van der Waals surface area contributed by atoms with Gasteiger partial charge in [0.05, 0.1) is 6.61 Å². The quantitative estimate of drug-likeness (QED) is 0.635. The first-order valence-electron chi connectivity index (χ1n) is 3.79. The maximum Gasteiger partial charge on any atom is 0.508 e. The number of alkyl halides is 2. The molecule has 0 saturated heterocycles. The highest BCUT2D eigenvalue weighted by Gasteiger charge is 2.11. The number of halogens is 2. The van der Waals surface area contributed by atoms with E-state index in [-0.39, 0.29) is 6.61 Å². The summed E-state index contributed by atoms with van der Waals surface area (Å²) < 4.78 is 35.5. The molecule has 82 valence electrons. The molecule has 5 nitrogen and oxygen atoms in total. The van der Waals surface area contributed by atoms with Gasteiger partial charge >= 0.3 is 12.1 Å². The Bertz CT molecular complexity index is 195. The van der Waals surface area contributed by atoms with E-state index < -0.39 is 31.8 Å². The molecule has 0 saturated carbocycles. The molecule has 0 atom stereocenters. The number of carbonyl (C=O) groups is 2. The lowest BCUT2D eigenvalue weighted by Crippen LogP contribution is -2.19. The molecule has 0 fully saturated rings. The van der Waals surface area contributed by atoms with Crippen molar-refractivity contribution >= 4 is 12.1 Å². The molecular weight excluding hydrogens is 202 g/mol. The second-order valence-corrected chi connectivity index (χ2v) is 2.05. The van der Waals surface area contributed by atoms with Gasteiger partial charge in [0.15, 0.2) is 13.2 Å². The number of carbonyl (C=O) groups excluding carboxylic acids is 2. The summed E-state index contributed by atoms with van der Waals surface area (Å²) in [5.41, 5.74) is 0. The van der Waals surface area contributed by atoms with E-state index in [1.165, 1.54) is 0 Å². The van der Waals surface area contributed by atoms with Crippen molar-refractivity contribution in [1.82, 2.24) is 0 Å². The Labute approximate surface area is 78.9 Å². The molecule has 0 N–H and O–H groups in total. The van der Waals surface area contributed by atoms with Crippen LogP contribution in [0.25, 0.3) is 0 Å². The van der Waals surface area contributed by atoms with Gasteiger partial charge in [-0.1, -0.05) is 0 Å². The number of rotatable bonds is 5. The van der Waals surface area contributed by atoms with E-state index in [4.69, 9.17) is 0 Å². The van der Waals surface area contributed by atoms with Crippen LogP contribution >= 0.6 is 0 Å². The molecule has 0 rings (SSSR count). The summed E-state index contributed by atoms with van der Waals surface area (Å²) in [6.07, 6.45) is -3.77. The number of hydrogen-bond acceptors (Lipinski definition) is 5. The van der Waals surface area contributed by atoms with E-state index in [1.807, 2.05) is 0 Å². The topological polar surface area (TPSA) is 61.8 Å². The van der Waals surface area contributed by atoms with Crippen LogP contribution < -0.4 is 0 Å². The number of ether oxygens (including phenoxy) is 3. The molecule has 0 aliphatic rings. The molecule has 0 bridgehead atoms. The summed E-state index contributed by atoms with van der Waals surface area (Å²) in [5.74, 6) is -1.04. The van der Waals surface area contributed by atoms with E-state index in [2.05, 4.69) is 14.2 Å². The minimum absolute atomic E-state index is 0.102. The Kier molecular flexibility index (Phi) is 6.34.